The molecule has 0 bridgehead atoms. The largest absolute Gasteiger partial charge is 0.354 e. The molecule has 1 saturated carbocycles. The Morgan fingerprint density at radius 3 is 2.29 bits per heavy atom. The summed E-state index contributed by atoms with van der Waals surface area (Å²) in [5, 5.41) is 3.14. The monoisotopic (exact) mass is 297 g/mol. The maximum Gasteiger partial charge on any atom is 0.220 e. The molecule has 0 aromatic rings. The highest BCUT2D eigenvalue weighted by Crippen LogP contribution is 2.35. The third-order valence-corrected chi connectivity index (χ3v) is 5.31. The Bertz CT molecular complexity index is 329. The number of nitrogens with zero attached hydrogens (tertiary/aromatic N) is 1. The second kappa shape index (κ2) is 7.59. The van der Waals surface area contributed by atoms with Crippen LogP contribution in [0.1, 0.15) is 59.3 Å². The Kier molecular flexibility index (Phi) is 6.67. The van der Waals surface area contributed by atoms with Crippen molar-refractivity contribution >= 4 is 5.91 Å². The Balaban J connectivity index is 2.36. The minimum absolute atomic E-state index is 0.189. The number of rotatable bonds is 8. The molecule has 0 spiro atoms. The number of carbonyl (C=O) groups is 1. The summed E-state index contributed by atoms with van der Waals surface area (Å²) in [6.45, 7) is 8.20. The molecular formula is C17H35N3O. The first-order valence-corrected chi connectivity index (χ1v) is 8.35. The van der Waals surface area contributed by atoms with Gasteiger partial charge in [0.15, 0.2) is 0 Å². The molecule has 1 amide bonds. The number of carbonyl (C=O) groups excluding carboxylic acids is 1. The van der Waals surface area contributed by atoms with Crippen LogP contribution in [-0.2, 0) is 4.79 Å². The van der Waals surface area contributed by atoms with Crippen molar-refractivity contribution in [3.8, 4) is 0 Å². The van der Waals surface area contributed by atoms with Crippen molar-refractivity contribution in [2.24, 2.45) is 17.1 Å². The molecule has 0 aromatic heterocycles. The lowest BCUT2D eigenvalue weighted by Crippen LogP contribution is -2.57. The Labute approximate surface area is 130 Å². The van der Waals surface area contributed by atoms with Crippen LogP contribution in [0, 0.1) is 11.3 Å². The second-order valence-electron chi connectivity index (χ2n) is 7.93. The van der Waals surface area contributed by atoms with Gasteiger partial charge in [-0.25, -0.2) is 0 Å². The van der Waals surface area contributed by atoms with Gasteiger partial charge in [-0.15, -0.1) is 0 Å². The average Bonchev–Trinajstić information content (AvgIpc) is 2.31. The predicted molar refractivity (Wildman–Crippen MR) is 89.1 cm³/mol. The van der Waals surface area contributed by atoms with Crippen LogP contribution in [0.25, 0.3) is 0 Å². The van der Waals surface area contributed by atoms with Crippen molar-refractivity contribution in [3.05, 3.63) is 0 Å². The van der Waals surface area contributed by atoms with Gasteiger partial charge in [-0.1, -0.05) is 20.8 Å². The first-order valence-electron chi connectivity index (χ1n) is 8.35. The zero-order chi connectivity index (χ0) is 16.1. The van der Waals surface area contributed by atoms with Gasteiger partial charge in [0.1, 0.15) is 0 Å². The molecule has 124 valence electrons. The summed E-state index contributed by atoms with van der Waals surface area (Å²) in [5.41, 5.74) is 6.13. The van der Waals surface area contributed by atoms with Gasteiger partial charge >= 0.3 is 0 Å². The number of hydrogen-bond acceptors (Lipinski definition) is 3. The molecule has 0 heterocycles. The van der Waals surface area contributed by atoms with Gasteiger partial charge in [0.25, 0.3) is 0 Å². The molecule has 1 fully saturated rings. The van der Waals surface area contributed by atoms with E-state index >= 15 is 0 Å². The van der Waals surface area contributed by atoms with E-state index in [4.69, 9.17) is 5.73 Å². The number of likely N-dealkylation sites (N-methyl/N-ethyl adjacent to an activating group) is 1. The first kappa shape index (κ1) is 18.4. The van der Waals surface area contributed by atoms with Gasteiger partial charge in [-0.3, -0.25) is 4.79 Å². The molecule has 1 rings (SSSR count). The van der Waals surface area contributed by atoms with Crippen molar-refractivity contribution in [2.45, 2.75) is 64.8 Å². The molecule has 0 radical (unpaired) electrons. The first-order chi connectivity index (χ1) is 9.71. The van der Waals surface area contributed by atoms with Crippen LogP contribution >= 0.6 is 0 Å². The number of nitrogens with one attached hydrogen (secondary N) is 1. The SMILES string of the molecule is CN(C)C1(CNC(=O)CCC(CCN)C(C)(C)C)CCC1. The van der Waals surface area contributed by atoms with Crippen molar-refractivity contribution < 1.29 is 4.79 Å². The van der Waals surface area contributed by atoms with Crippen molar-refractivity contribution in [2.75, 3.05) is 27.2 Å². The zero-order valence-corrected chi connectivity index (χ0v) is 14.7. The van der Waals surface area contributed by atoms with E-state index < -0.39 is 0 Å². The molecule has 3 N–H and O–H groups in total. The average molecular weight is 297 g/mol. The van der Waals surface area contributed by atoms with Gasteiger partial charge in [0.2, 0.25) is 5.91 Å². The summed E-state index contributed by atoms with van der Waals surface area (Å²) in [5.74, 6) is 0.703. The molecule has 0 aromatic carbocycles. The van der Waals surface area contributed by atoms with E-state index in [9.17, 15) is 4.79 Å². The fraction of sp³-hybridized carbons (Fsp3) is 0.941. The number of nitrogens with two attached hydrogens (primary N) is 1. The topological polar surface area (TPSA) is 58.4 Å². The lowest BCUT2D eigenvalue weighted by atomic mass is 9.75. The normalized spacial score (nSPS) is 19.2. The maximum absolute atomic E-state index is 12.1. The quantitative estimate of drug-likeness (QED) is 0.723. The van der Waals surface area contributed by atoms with Crippen LogP contribution in [0.2, 0.25) is 0 Å². The number of amides is 1. The Morgan fingerprint density at radius 1 is 1.29 bits per heavy atom. The van der Waals surface area contributed by atoms with E-state index in [0.717, 1.165) is 19.4 Å². The third-order valence-electron chi connectivity index (χ3n) is 5.31. The standard InChI is InChI=1S/C17H35N3O/c1-16(2,3)14(9-12-18)7-8-15(21)19-13-17(20(4)5)10-6-11-17/h14H,6-13,18H2,1-5H3,(H,19,21). The lowest BCUT2D eigenvalue weighted by molar-refractivity contribution is -0.122. The highest BCUT2D eigenvalue weighted by atomic mass is 16.1. The molecule has 1 aliphatic rings. The molecule has 4 nitrogen and oxygen atoms in total. The van der Waals surface area contributed by atoms with Gasteiger partial charge in [-0.05, 0) is 64.1 Å². The van der Waals surface area contributed by atoms with E-state index in [-0.39, 0.29) is 16.9 Å². The molecular weight excluding hydrogens is 262 g/mol. The summed E-state index contributed by atoms with van der Waals surface area (Å²) in [7, 11) is 4.23. The van der Waals surface area contributed by atoms with Crippen molar-refractivity contribution in [1.29, 1.82) is 0 Å². The van der Waals surface area contributed by atoms with Gasteiger partial charge in [0.05, 0.1) is 0 Å². The van der Waals surface area contributed by atoms with Crippen LogP contribution < -0.4 is 11.1 Å². The van der Waals surface area contributed by atoms with E-state index in [0.29, 0.717) is 18.9 Å². The third kappa shape index (κ3) is 5.26. The second-order valence-corrected chi connectivity index (χ2v) is 7.93. The molecule has 0 aliphatic heterocycles. The van der Waals surface area contributed by atoms with E-state index in [2.05, 4.69) is 45.1 Å². The predicted octanol–water partition coefficient (Wildman–Crippen LogP) is 2.38. The molecule has 4 heteroatoms. The number of hydrogen-bond donors (Lipinski definition) is 2. The smallest absolute Gasteiger partial charge is 0.220 e. The minimum atomic E-state index is 0.189. The van der Waals surface area contributed by atoms with Crippen LogP contribution in [0.3, 0.4) is 0 Å². The summed E-state index contributed by atoms with van der Waals surface area (Å²) in [6.07, 6.45) is 6.21. The maximum atomic E-state index is 12.1. The van der Waals surface area contributed by atoms with E-state index in [1.807, 2.05) is 0 Å². The van der Waals surface area contributed by atoms with Crippen LogP contribution in [0.15, 0.2) is 0 Å². The molecule has 1 unspecified atom stereocenters. The minimum Gasteiger partial charge on any atom is -0.354 e. The highest BCUT2D eigenvalue weighted by Gasteiger charge is 2.39. The fourth-order valence-electron chi connectivity index (χ4n) is 3.24. The molecule has 0 saturated heterocycles. The van der Waals surface area contributed by atoms with E-state index in [1.54, 1.807) is 0 Å². The highest BCUT2D eigenvalue weighted by molar-refractivity contribution is 5.76. The Hall–Kier alpha value is -0.610. The van der Waals surface area contributed by atoms with Crippen LogP contribution in [0.5, 0.6) is 0 Å². The van der Waals surface area contributed by atoms with Gasteiger partial charge in [-0.2, -0.15) is 0 Å². The summed E-state index contributed by atoms with van der Waals surface area (Å²) >= 11 is 0. The summed E-state index contributed by atoms with van der Waals surface area (Å²) in [6, 6.07) is 0. The fourth-order valence-corrected chi connectivity index (χ4v) is 3.24. The summed E-state index contributed by atoms with van der Waals surface area (Å²) in [4.78, 5) is 14.4. The molecule has 1 aliphatic carbocycles. The van der Waals surface area contributed by atoms with Crippen molar-refractivity contribution in [1.82, 2.24) is 10.2 Å². The Morgan fingerprint density at radius 2 is 1.90 bits per heavy atom. The molecule has 21 heavy (non-hydrogen) atoms. The van der Waals surface area contributed by atoms with Gasteiger partial charge < -0.3 is 16.0 Å². The summed E-state index contributed by atoms with van der Waals surface area (Å²) < 4.78 is 0. The van der Waals surface area contributed by atoms with Crippen LogP contribution in [0.4, 0.5) is 0 Å². The van der Waals surface area contributed by atoms with E-state index in [1.165, 1.54) is 19.3 Å². The van der Waals surface area contributed by atoms with Crippen LogP contribution in [-0.4, -0.2) is 43.5 Å². The van der Waals surface area contributed by atoms with Gasteiger partial charge in [0, 0.05) is 18.5 Å². The van der Waals surface area contributed by atoms with Crippen molar-refractivity contribution in [3.63, 3.8) is 0 Å². The lowest BCUT2D eigenvalue weighted by Gasteiger charge is -2.47. The zero-order valence-electron chi connectivity index (χ0n) is 14.7. The molecule has 1 atom stereocenters.